The molecular weight excluding hydrogens is 343 g/mol. The van der Waals surface area contributed by atoms with Crippen molar-refractivity contribution in [2.24, 2.45) is 0 Å². The maximum atomic E-state index is 12.9. The molecule has 0 bridgehead atoms. The standard InChI is InChI=1S/C22H15FN2O2/c23-17-6-11-20(12-7-17)27-19-9-4-16(5-10-19)22(26)25-18-8-3-15-2-1-13-24-21(15)14-18/h1-14H,(H,25,26). The number of carbonyl (C=O) groups excluding carboxylic acids is 1. The lowest BCUT2D eigenvalue weighted by molar-refractivity contribution is 0.102. The van der Waals surface area contributed by atoms with Crippen molar-refractivity contribution >= 4 is 22.5 Å². The third-order valence-electron chi connectivity index (χ3n) is 4.03. The minimum absolute atomic E-state index is 0.224. The van der Waals surface area contributed by atoms with Gasteiger partial charge in [-0.3, -0.25) is 9.78 Å². The van der Waals surface area contributed by atoms with E-state index < -0.39 is 0 Å². The van der Waals surface area contributed by atoms with Crippen molar-refractivity contribution in [1.82, 2.24) is 4.98 Å². The molecule has 0 spiro atoms. The van der Waals surface area contributed by atoms with E-state index in [1.807, 2.05) is 30.3 Å². The summed E-state index contributed by atoms with van der Waals surface area (Å²) >= 11 is 0. The molecule has 1 heterocycles. The molecule has 0 saturated heterocycles. The Morgan fingerprint density at radius 2 is 1.59 bits per heavy atom. The highest BCUT2D eigenvalue weighted by Gasteiger charge is 2.07. The zero-order valence-electron chi connectivity index (χ0n) is 14.2. The Hall–Kier alpha value is -3.73. The van der Waals surface area contributed by atoms with E-state index in [1.54, 1.807) is 42.6 Å². The fraction of sp³-hybridized carbons (Fsp3) is 0. The number of nitrogens with zero attached hydrogens (tertiary/aromatic N) is 1. The average Bonchev–Trinajstić information content (AvgIpc) is 2.70. The molecule has 3 aromatic carbocycles. The summed E-state index contributed by atoms with van der Waals surface area (Å²) in [6, 6.07) is 21.9. The summed E-state index contributed by atoms with van der Waals surface area (Å²) < 4.78 is 18.6. The van der Waals surface area contributed by atoms with Gasteiger partial charge in [-0.05, 0) is 66.7 Å². The minimum atomic E-state index is -0.321. The van der Waals surface area contributed by atoms with Gasteiger partial charge in [-0.2, -0.15) is 0 Å². The largest absolute Gasteiger partial charge is 0.457 e. The van der Waals surface area contributed by atoms with E-state index in [0.29, 0.717) is 22.7 Å². The Kier molecular flexibility index (Phi) is 4.49. The average molecular weight is 358 g/mol. The zero-order chi connectivity index (χ0) is 18.6. The molecular formula is C22H15FN2O2. The van der Waals surface area contributed by atoms with E-state index >= 15 is 0 Å². The first-order chi connectivity index (χ1) is 13.2. The van der Waals surface area contributed by atoms with E-state index in [1.165, 1.54) is 12.1 Å². The lowest BCUT2D eigenvalue weighted by Gasteiger charge is -2.08. The van der Waals surface area contributed by atoms with Crippen LogP contribution in [0.25, 0.3) is 10.9 Å². The second-order valence-electron chi connectivity index (χ2n) is 5.95. The third-order valence-corrected chi connectivity index (χ3v) is 4.03. The Balaban J connectivity index is 1.45. The lowest BCUT2D eigenvalue weighted by Crippen LogP contribution is -2.11. The fourth-order valence-electron chi connectivity index (χ4n) is 2.66. The molecule has 0 atom stereocenters. The first-order valence-corrected chi connectivity index (χ1v) is 8.37. The molecule has 27 heavy (non-hydrogen) atoms. The number of carbonyl (C=O) groups is 1. The second kappa shape index (κ2) is 7.25. The number of hydrogen-bond donors (Lipinski definition) is 1. The quantitative estimate of drug-likeness (QED) is 0.530. The summed E-state index contributed by atoms with van der Waals surface area (Å²) in [6.45, 7) is 0. The van der Waals surface area contributed by atoms with Gasteiger partial charge in [0.25, 0.3) is 5.91 Å². The summed E-state index contributed by atoms with van der Waals surface area (Å²) in [5, 5.41) is 3.88. The van der Waals surface area contributed by atoms with Crippen LogP contribution in [0.15, 0.2) is 85.1 Å². The van der Waals surface area contributed by atoms with Gasteiger partial charge in [-0.15, -0.1) is 0 Å². The normalized spacial score (nSPS) is 10.6. The van der Waals surface area contributed by atoms with Crippen molar-refractivity contribution in [3.05, 3.63) is 96.4 Å². The van der Waals surface area contributed by atoms with Crippen molar-refractivity contribution in [3.8, 4) is 11.5 Å². The van der Waals surface area contributed by atoms with Gasteiger partial charge in [-0.1, -0.05) is 12.1 Å². The number of ether oxygens (including phenoxy) is 1. The van der Waals surface area contributed by atoms with Gasteiger partial charge in [0.2, 0.25) is 0 Å². The van der Waals surface area contributed by atoms with Gasteiger partial charge >= 0.3 is 0 Å². The summed E-state index contributed by atoms with van der Waals surface area (Å²) in [6.07, 6.45) is 1.72. The van der Waals surface area contributed by atoms with E-state index in [0.717, 1.165) is 10.9 Å². The molecule has 0 unspecified atom stereocenters. The number of hydrogen-bond acceptors (Lipinski definition) is 3. The van der Waals surface area contributed by atoms with Crippen LogP contribution >= 0.6 is 0 Å². The van der Waals surface area contributed by atoms with Gasteiger partial charge < -0.3 is 10.1 Å². The van der Waals surface area contributed by atoms with Crippen LogP contribution in [0.1, 0.15) is 10.4 Å². The number of benzene rings is 3. The topological polar surface area (TPSA) is 51.2 Å². The number of nitrogens with one attached hydrogen (secondary N) is 1. The predicted octanol–water partition coefficient (Wildman–Crippen LogP) is 5.42. The zero-order valence-corrected chi connectivity index (χ0v) is 14.2. The SMILES string of the molecule is O=C(Nc1ccc2cccnc2c1)c1ccc(Oc2ccc(F)cc2)cc1. The van der Waals surface area contributed by atoms with Gasteiger partial charge in [0, 0.05) is 22.8 Å². The Labute approximate surface area is 155 Å². The number of rotatable bonds is 4. The summed E-state index contributed by atoms with van der Waals surface area (Å²) in [4.78, 5) is 16.7. The van der Waals surface area contributed by atoms with Crippen LogP contribution in [0.4, 0.5) is 10.1 Å². The molecule has 0 aliphatic rings. The first kappa shape index (κ1) is 16.7. The van der Waals surface area contributed by atoms with Crippen molar-refractivity contribution in [1.29, 1.82) is 0 Å². The molecule has 0 aliphatic carbocycles. The highest BCUT2D eigenvalue weighted by Crippen LogP contribution is 2.22. The maximum Gasteiger partial charge on any atom is 0.255 e. The predicted molar refractivity (Wildman–Crippen MR) is 103 cm³/mol. The van der Waals surface area contributed by atoms with Gasteiger partial charge in [0.05, 0.1) is 5.52 Å². The van der Waals surface area contributed by atoms with Crippen LogP contribution < -0.4 is 10.1 Å². The van der Waals surface area contributed by atoms with Crippen molar-refractivity contribution in [2.75, 3.05) is 5.32 Å². The van der Waals surface area contributed by atoms with E-state index in [9.17, 15) is 9.18 Å². The molecule has 0 saturated carbocycles. The van der Waals surface area contributed by atoms with Crippen molar-refractivity contribution < 1.29 is 13.9 Å². The first-order valence-electron chi connectivity index (χ1n) is 8.37. The van der Waals surface area contributed by atoms with Gasteiger partial charge in [0.15, 0.2) is 0 Å². The summed E-state index contributed by atoms with van der Waals surface area (Å²) in [5.41, 5.74) is 2.00. The maximum absolute atomic E-state index is 12.9. The number of halogens is 1. The van der Waals surface area contributed by atoms with Crippen LogP contribution in [0, 0.1) is 5.82 Å². The molecule has 4 aromatic rings. The van der Waals surface area contributed by atoms with Gasteiger partial charge in [-0.25, -0.2) is 4.39 Å². The second-order valence-corrected chi connectivity index (χ2v) is 5.95. The molecule has 0 fully saturated rings. The molecule has 1 amide bonds. The summed E-state index contributed by atoms with van der Waals surface area (Å²) in [5.74, 6) is 0.544. The molecule has 4 nitrogen and oxygen atoms in total. The minimum Gasteiger partial charge on any atom is -0.457 e. The molecule has 0 aliphatic heterocycles. The Morgan fingerprint density at radius 3 is 2.33 bits per heavy atom. The Bertz CT molecular complexity index is 1090. The smallest absolute Gasteiger partial charge is 0.255 e. The number of fused-ring (bicyclic) bond motifs is 1. The molecule has 0 radical (unpaired) electrons. The lowest BCUT2D eigenvalue weighted by atomic mass is 10.1. The monoisotopic (exact) mass is 358 g/mol. The third kappa shape index (κ3) is 3.93. The van der Waals surface area contributed by atoms with Crippen molar-refractivity contribution in [3.63, 3.8) is 0 Å². The number of amides is 1. The van der Waals surface area contributed by atoms with Crippen LogP contribution in [0.2, 0.25) is 0 Å². The highest BCUT2D eigenvalue weighted by molar-refractivity contribution is 6.05. The number of anilines is 1. The van der Waals surface area contributed by atoms with Crippen LogP contribution in [0.5, 0.6) is 11.5 Å². The van der Waals surface area contributed by atoms with Crippen molar-refractivity contribution in [2.45, 2.75) is 0 Å². The number of aromatic nitrogens is 1. The fourth-order valence-corrected chi connectivity index (χ4v) is 2.66. The molecule has 1 N–H and O–H groups in total. The molecule has 1 aromatic heterocycles. The molecule has 132 valence electrons. The van der Waals surface area contributed by atoms with Crippen LogP contribution in [-0.4, -0.2) is 10.9 Å². The number of pyridine rings is 1. The molecule has 4 rings (SSSR count). The van der Waals surface area contributed by atoms with E-state index in [-0.39, 0.29) is 11.7 Å². The summed E-state index contributed by atoms with van der Waals surface area (Å²) in [7, 11) is 0. The van der Waals surface area contributed by atoms with E-state index in [2.05, 4.69) is 10.3 Å². The van der Waals surface area contributed by atoms with E-state index in [4.69, 9.17) is 4.74 Å². The highest BCUT2D eigenvalue weighted by atomic mass is 19.1. The molecule has 5 heteroatoms. The van der Waals surface area contributed by atoms with Crippen LogP contribution in [-0.2, 0) is 0 Å². The Morgan fingerprint density at radius 1 is 0.889 bits per heavy atom. The van der Waals surface area contributed by atoms with Gasteiger partial charge in [0.1, 0.15) is 17.3 Å². The van der Waals surface area contributed by atoms with Crippen LogP contribution in [0.3, 0.4) is 0 Å².